The van der Waals surface area contributed by atoms with Crippen molar-refractivity contribution >= 4 is 5.78 Å². The van der Waals surface area contributed by atoms with Gasteiger partial charge in [-0.05, 0) is 37.7 Å². The Morgan fingerprint density at radius 1 is 1.17 bits per heavy atom. The number of carbonyl (C=O) groups excluding carboxylic acids is 1. The van der Waals surface area contributed by atoms with E-state index in [9.17, 15) is 4.79 Å². The molecule has 0 bridgehead atoms. The van der Waals surface area contributed by atoms with Crippen molar-refractivity contribution in [3.05, 3.63) is 11.1 Å². The van der Waals surface area contributed by atoms with Crippen LogP contribution in [0, 0.1) is 5.41 Å². The van der Waals surface area contributed by atoms with Gasteiger partial charge in [0.05, 0.1) is 0 Å². The van der Waals surface area contributed by atoms with E-state index in [0.717, 1.165) is 12.8 Å². The fourth-order valence-electron chi connectivity index (χ4n) is 2.46. The van der Waals surface area contributed by atoms with Crippen molar-refractivity contribution in [2.24, 2.45) is 5.41 Å². The summed E-state index contributed by atoms with van der Waals surface area (Å²) < 4.78 is 0. The maximum atomic E-state index is 11.8. The molecule has 0 heterocycles. The average Bonchev–Trinajstić information content (AvgIpc) is 2.24. The predicted octanol–water partition coefficient (Wildman–Crippen LogP) is 2.86. The van der Waals surface area contributed by atoms with Gasteiger partial charge < -0.3 is 0 Å². The van der Waals surface area contributed by atoms with Crippen LogP contribution in [0.1, 0.15) is 46.0 Å². The second-order valence-corrected chi connectivity index (χ2v) is 4.68. The Morgan fingerprint density at radius 2 is 1.83 bits per heavy atom. The van der Waals surface area contributed by atoms with E-state index in [1.807, 2.05) is 0 Å². The molecule has 0 fully saturated rings. The van der Waals surface area contributed by atoms with Crippen molar-refractivity contribution in [1.29, 1.82) is 0 Å². The average molecular weight is 164 g/mol. The number of hydrogen-bond donors (Lipinski definition) is 0. The van der Waals surface area contributed by atoms with Crippen molar-refractivity contribution in [2.45, 2.75) is 46.0 Å². The van der Waals surface area contributed by atoms with Gasteiger partial charge in [0.15, 0.2) is 5.78 Å². The molecule has 0 atom stereocenters. The standard InChI is InChI=1S/C11H16O/c1-11(2)7-8-5-3-4-6-9(8)10(11)12/h3-7H2,1-2H3. The lowest BCUT2D eigenvalue weighted by molar-refractivity contribution is -0.122. The molecule has 1 heteroatoms. The molecule has 2 aliphatic carbocycles. The van der Waals surface area contributed by atoms with E-state index < -0.39 is 0 Å². The first-order valence-electron chi connectivity index (χ1n) is 4.87. The van der Waals surface area contributed by atoms with Gasteiger partial charge >= 0.3 is 0 Å². The second kappa shape index (κ2) is 2.45. The molecule has 0 aromatic carbocycles. The van der Waals surface area contributed by atoms with E-state index in [0.29, 0.717) is 5.78 Å². The largest absolute Gasteiger partial charge is 0.294 e. The third-order valence-electron chi connectivity index (χ3n) is 3.13. The number of carbonyl (C=O) groups is 1. The van der Waals surface area contributed by atoms with Crippen LogP contribution in [0.5, 0.6) is 0 Å². The third kappa shape index (κ3) is 1.03. The van der Waals surface area contributed by atoms with E-state index >= 15 is 0 Å². The summed E-state index contributed by atoms with van der Waals surface area (Å²) in [6.07, 6.45) is 5.78. The highest BCUT2D eigenvalue weighted by Gasteiger charge is 2.39. The first kappa shape index (κ1) is 8.03. The SMILES string of the molecule is CC1(C)CC2=C(CCCC2)C1=O. The Kier molecular flexibility index (Phi) is 1.64. The summed E-state index contributed by atoms with van der Waals surface area (Å²) in [5, 5.41) is 0. The van der Waals surface area contributed by atoms with Gasteiger partial charge in [0, 0.05) is 5.41 Å². The maximum absolute atomic E-state index is 11.8. The summed E-state index contributed by atoms with van der Waals surface area (Å²) in [4.78, 5) is 11.8. The Labute approximate surface area is 73.8 Å². The van der Waals surface area contributed by atoms with E-state index in [1.165, 1.54) is 30.4 Å². The highest BCUT2D eigenvalue weighted by Crippen LogP contribution is 2.44. The molecule has 0 amide bonds. The van der Waals surface area contributed by atoms with Gasteiger partial charge in [-0.2, -0.15) is 0 Å². The summed E-state index contributed by atoms with van der Waals surface area (Å²) in [5.74, 6) is 0.428. The van der Waals surface area contributed by atoms with Crippen LogP contribution >= 0.6 is 0 Å². The minimum atomic E-state index is -0.0744. The lowest BCUT2D eigenvalue weighted by Crippen LogP contribution is -2.19. The van der Waals surface area contributed by atoms with Gasteiger partial charge in [-0.3, -0.25) is 4.79 Å². The molecule has 2 rings (SSSR count). The van der Waals surface area contributed by atoms with E-state index in [-0.39, 0.29) is 5.41 Å². The summed E-state index contributed by atoms with van der Waals surface area (Å²) in [6.45, 7) is 4.15. The molecule has 0 aromatic rings. The van der Waals surface area contributed by atoms with Crippen LogP contribution in [0.4, 0.5) is 0 Å². The summed E-state index contributed by atoms with van der Waals surface area (Å²) in [6, 6.07) is 0. The minimum Gasteiger partial charge on any atom is -0.294 e. The molecule has 0 saturated carbocycles. The molecular weight excluding hydrogens is 148 g/mol. The lowest BCUT2D eigenvalue weighted by Gasteiger charge is -2.14. The van der Waals surface area contributed by atoms with E-state index in [4.69, 9.17) is 0 Å². The van der Waals surface area contributed by atoms with Crippen LogP contribution in [0.2, 0.25) is 0 Å². The number of Topliss-reactive ketones (excluding diaryl/α,β-unsaturated/α-hetero) is 1. The molecule has 1 nitrogen and oxygen atoms in total. The van der Waals surface area contributed by atoms with E-state index in [2.05, 4.69) is 13.8 Å². The van der Waals surface area contributed by atoms with Gasteiger partial charge in [-0.1, -0.05) is 19.4 Å². The third-order valence-corrected chi connectivity index (χ3v) is 3.13. The fourth-order valence-corrected chi connectivity index (χ4v) is 2.46. The molecular formula is C11H16O. The van der Waals surface area contributed by atoms with Crippen LogP contribution in [-0.2, 0) is 4.79 Å². The van der Waals surface area contributed by atoms with Crippen molar-refractivity contribution in [2.75, 3.05) is 0 Å². The second-order valence-electron chi connectivity index (χ2n) is 4.68. The topological polar surface area (TPSA) is 17.1 Å². The van der Waals surface area contributed by atoms with Gasteiger partial charge in [0.2, 0.25) is 0 Å². The van der Waals surface area contributed by atoms with Crippen molar-refractivity contribution in [3.63, 3.8) is 0 Å². The first-order valence-corrected chi connectivity index (χ1v) is 4.87. The van der Waals surface area contributed by atoms with E-state index in [1.54, 1.807) is 0 Å². The zero-order valence-electron chi connectivity index (χ0n) is 7.94. The van der Waals surface area contributed by atoms with Crippen molar-refractivity contribution in [1.82, 2.24) is 0 Å². The Morgan fingerprint density at radius 3 is 2.50 bits per heavy atom. The lowest BCUT2D eigenvalue weighted by atomic mass is 9.87. The van der Waals surface area contributed by atoms with Crippen molar-refractivity contribution < 1.29 is 4.79 Å². The minimum absolute atomic E-state index is 0.0744. The molecule has 0 unspecified atom stereocenters. The summed E-state index contributed by atoms with van der Waals surface area (Å²) >= 11 is 0. The van der Waals surface area contributed by atoms with Crippen LogP contribution in [0.3, 0.4) is 0 Å². The Hall–Kier alpha value is -0.590. The van der Waals surface area contributed by atoms with Gasteiger partial charge in [-0.15, -0.1) is 0 Å². The molecule has 12 heavy (non-hydrogen) atoms. The zero-order chi connectivity index (χ0) is 8.77. The molecule has 0 aliphatic heterocycles. The predicted molar refractivity (Wildman–Crippen MR) is 48.9 cm³/mol. The summed E-state index contributed by atoms with van der Waals surface area (Å²) in [7, 11) is 0. The number of hydrogen-bond acceptors (Lipinski definition) is 1. The van der Waals surface area contributed by atoms with Gasteiger partial charge in [0.25, 0.3) is 0 Å². The van der Waals surface area contributed by atoms with Gasteiger partial charge in [0.1, 0.15) is 0 Å². The van der Waals surface area contributed by atoms with Crippen molar-refractivity contribution in [3.8, 4) is 0 Å². The Balaban J connectivity index is 2.32. The summed E-state index contributed by atoms with van der Waals surface area (Å²) in [5.41, 5.74) is 2.58. The zero-order valence-corrected chi connectivity index (χ0v) is 7.94. The smallest absolute Gasteiger partial charge is 0.164 e. The Bertz CT molecular complexity index is 258. The first-order chi connectivity index (χ1) is 5.61. The molecule has 0 radical (unpaired) electrons. The monoisotopic (exact) mass is 164 g/mol. The molecule has 2 aliphatic rings. The van der Waals surface area contributed by atoms with Gasteiger partial charge in [-0.25, -0.2) is 0 Å². The van der Waals surface area contributed by atoms with Crippen LogP contribution < -0.4 is 0 Å². The quantitative estimate of drug-likeness (QED) is 0.538. The highest BCUT2D eigenvalue weighted by atomic mass is 16.1. The molecule has 0 spiro atoms. The normalized spacial score (nSPS) is 27.7. The number of ketones is 1. The number of rotatable bonds is 0. The fraction of sp³-hybridized carbons (Fsp3) is 0.727. The maximum Gasteiger partial charge on any atom is 0.164 e. The van der Waals surface area contributed by atoms with Crippen LogP contribution in [0.15, 0.2) is 11.1 Å². The van der Waals surface area contributed by atoms with Crippen LogP contribution in [0.25, 0.3) is 0 Å². The molecule has 66 valence electrons. The molecule has 0 N–H and O–H groups in total. The highest BCUT2D eigenvalue weighted by molar-refractivity contribution is 6.03. The molecule has 0 aromatic heterocycles. The number of allylic oxidation sites excluding steroid dienone is 2. The molecule has 0 saturated heterocycles. The van der Waals surface area contributed by atoms with Crippen LogP contribution in [-0.4, -0.2) is 5.78 Å².